The Morgan fingerprint density at radius 3 is 2.55 bits per heavy atom. The lowest BCUT2D eigenvalue weighted by molar-refractivity contribution is 0.245. The largest absolute Gasteiger partial charge is 0.313 e. The summed E-state index contributed by atoms with van der Waals surface area (Å²) in [5.74, 6) is 0. The van der Waals surface area contributed by atoms with Gasteiger partial charge in [0.2, 0.25) is 0 Å². The second-order valence-corrected chi connectivity index (χ2v) is 7.00. The molecule has 0 saturated heterocycles. The van der Waals surface area contributed by atoms with Crippen LogP contribution in [-0.2, 0) is 19.3 Å². The maximum absolute atomic E-state index is 3.77. The van der Waals surface area contributed by atoms with E-state index in [0.717, 1.165) is 6.04 Å². The summed E-state index contributed by atoms with van der Waals surface area (Å²) in [5, 5.41) is 3.77. The van der Waals surface area contributed by atoms with E-state index in [1.165, 1.54) is 57.9 Å². The van der Waals surface area contributed by atoms with Gasteiger partial charge in [-0.15, -0.1) is 0 Å². The Hall–Kier alpha value is -0.820. The van der Waals surface area contributed by atoms with Crippen LogP contribution in [-0.4, -0.2) is 12.6 Å². The van der Waals surface area contributed by atoms with E-state index in [0.29, 0.717) is 5.41 Å². The first-order valence-electron chi connectivity index (χ1n) is 8.59. The number of nitrogens with one attached hydrogen (secondary N) is 1. The van der Waals surface area contributed by atoms with Crippen molar-refractivity contribution in [2.24, 2.45) is 5.41 Å². The molecule has 0 aliphatic heterocycles. The van der Waals surface area contributed by atoms with Gasteiger partial charge in [0, 0.05) is 12.6 Å². The summed E-state index contributed by atoms with van der Waals surface area (Å²) in [6, 6.07) is 8.11. The van der Waals surface area contributed by atoms with Crippen molar-refractivity contribution in [3.63, 3.8) is 0 Å². The van der Waals surface area contributed by atoms with Crippen molar-refractivity contribution < 1.29 is 0 Å². The molecular weight excluding hydrogens is 242 g/mol. The van der Waals surface area contributed by atoms with Crippen LogP contribution in [0.1, 0.15) is 62.6 Å². The summed E-state index contributed by atoms with van der Waals surface area (Å²) >= 11 is 0. The Morgan fingerprint density at radius 2 is 1.85 bits per heavy atom. The van der Waals surface area contributed by atoms with Gasteiger partial charge in [-0.3, -0.25) is 0 Å². The van der Waals surface area contributed by atoms with E-state index in [1.54, 1.807) is 16.7 Å². The van der Waals surface area contributed by atoms with E-state index in [4.69, 9.17) is 0 Å². The van der Waals surface area contributed by atoms with Crippen LogP contribution in [0.5, 0.6) is 0 Å². The third kappa shape index (κ3) is 3.09. The molecule has 1 aromatic carbocycles. The third-order valence-corrected chi connectivity index (χ3v) is 5.59. The van der Waals surface area contributed by atoms with Crippen LogP contribution in [0.4, 0.5) is 0 Å². The van der Waals surface area contributed by atoms with Crippen LogP contribution in [0.2, 0.25) is 0 Å². The summed E-state index contributed by atoms with van der Waals surface area (Å²) in [5.41, 5.74) is 5.24. The maximum atomic E-state index is 3.77. The summed E-state index contributed by atoms with van der Waals surface area (Å²) in [4.78, 5) is 0. The number of hydrogen-bond donors (Lipinski definition) is 1. The zero-order valence-electron chi connectivity index (χ0n) is 13.2. The van der Waals surface area contributed by atoms with E-state index >= 15 is 0 Å². The highest BCUT2D eigenvalue weighted by atomic mass is 15.0. The molecule has 20 heavy (non-hydrogen) atoms. The molecule has 0 atom stereocenters. The van der Waals surface area contributed by atoms with E-state index in [-0.39, 0.29) is 0 Å². The maximum Gasteiger partial charge on any atom is 0.00684 e. The average molecular weight is 271 g/mol. The SMILES string of the molecule is CCC(CC)(CNC1CC1)Cc1ccc2c(c1)CCC2. The first-order valence-corrected chi connectivity index (χ1v) is 8.59. The van der Waals surface area contributed by atoms with Crippen molar-refractivity contribution in [1.82, 2.24) is 5.32 Å². The molecule has 0 bridgehead atoms. The van der Waals surface area contributed by atoms with Crippen LogP contribution in [0.25, 0.3) is 0 Å². The molecule has 2 aliphatic rings. The van der Waals surface area contributed by atoms with Gasteiger partial charge in [-0.1, -0.05) is 32.0 Å². The van der Waals surface area contributed by atoms with Gasteiger partial charge >= 0.3 is 0 Å². The lowest BCUT2D eigenvalue weighted by atomic mass is 9.76. The summed E-state index contributed by atoms with van der Waals surface area (Å²) < 4.78 is 0. The van der Waals surface area contributed by atoms with Gasteiger partial charge in [0.1, 0.15) is 0 Å². The molecule has 1 aromatic rings. The molecule has 0 unspecified atom stereocenters. The smallest absolute Gasteiger partial charge is 0.00684 e. The van der Waals surface area contributed by atoms with Crippen molar-refractivity contribution in [3.05, 3.63) is 34.9 Å². The third-order valence-electron chi connectivity index (χ3n) is 5.59. The molecule has 1 saturated carbocycles. The van der Waals surface area contributed by atoms with E-state index in [1.807, 2.05) is 0 Å². The number of rotatable bonds is 7. The summed E-state index contributed by atoms with van der Waals surface area (Å²) in [6.45, 7) is 5.93. The van der Waals surface area contributed by atoms with Crippen molar-refractivity contribution >= 4 is 0 Å². The number of benzene rings is 1. The summed E-state index contributed by atoms with van der Waals surface area (Å²) in [6.07, 6.45) is 10.5. The number of aryl methyl sites for hydroxylation is 2. The molecule has 2 aliphatic carbocycles. The Bertz CT molecular complexity index is 455. The van der Waals surface area contributed by atoms with Gasteiger partial charge in [-0.2, -0.15) is 0 Å². The fourth-order valence-corrected chi connectivity index (χ4v) is 3.63. The fourth-order valence-electron chi connectivity index (χ4n) is 3.63. The molecule has 0 spiro atoms. The normalized spacial score (nSPS) is 18.3. The highest BCUT2D eigenvalue weighted by Crippen LogP contribution is 2.33. The first kappa shape index (κ1) is 14.1. The first-order chi connectivity index (χ1) is 9.74. The zero-order chi connectivity index (χ0) is 14.0. The van der Waals surface area contributed by atoms with Crippen molar-refractivity contribution in [1.29, 1.82) is 0 Å². The van der Waals surface area contributed by atoms with Gasteiger partial charge in [0.25, 0.3) is 0 Å². The average Bonchev–Trinajstić information content (AvgIpc) is 3.20. The van der Waals surface area contributed by atoms with E-state index < -0.39 is 0 Å². The van der Waals surface area contributed by atoms with Gasteiger partial charge in [-0.05, 0) is 73.5 Å². The van der Waals surface area contributed by atoms with Gasteiger partial charge < -0.3 is 5.32 Å². The van der Waals surface area contributed by atoms with Crippen LogP contribution >= 0.6 is 0 Å². The predicted octanol–water partition coefficient (Wildman–Crippen LogP) is 4.28. The number of hydrogen-bond acceptors (Lipinski definition) is 1. The molecule has 1 fully saturated rings. The molecule has 1 heteroatoms. The van der Waals surface area contributed by atoms with Crippen LogP contribution < -0.4 is 5.32 Å². The second kappa shape index (κ2) is 5.89. The van der Waals surface area contributed by atoms with Crippen molar-refractivity contribution in [2.75, 3.05) is 6.54 Å². The molecule has 3 rings (SSSR count). The van der Waals surface area contributed by atoms with E-state index in [2.05, 4.69) is 37.4 Å². The zero-order valence-corrected chi connectivity index (χ0v) is 13.2. The predicted molar refractivity (Wildman–Crippen MR) is 86.2 cm³/mol. The Balaban J connectivity index is 1.71. The number of fused-ring (bicyclic) bond motifs is 1. The monoisotopic (exact) mass is 271 g/mol. The molecule has 0 heterocycles. The highest BCUT2D eigenvalue weighted by molar-refractivity contribution is 5.35. The molecule has 0 radical (unpaired) electrons. The fraction of sp³-hybridized carbons (Fsp3) is 0.684. The van der Waals surface area contributed by atoms with Crippen molar-refractivity contribution in [3.8, 4) is 0 Å². The Morgan fingerprint density at radius 1 is 1.10 bits per heavy atom. The summed E-state index contributed by atoms with van der Waals surface area (Å²) in [7, 11) is 0. The van der Waals surface area contributed by atoms with Gasteiger partial charge in [0.15, 0.2) is 0 Å². The minimum absolute atomic E-state index is 0.454. The molecule has 1 N–H and O–H groups in total. The topological polar surface area (TPSA) is 12.0 Å². The van der Waals surface area contributed by atoms with E-state index in [9.17, 15) is 0 Å². The highest BCUT2D eigenvalue weighted by Gasteiger charge is 2.30. The lowest BCUT2D eigenvalue weighted by Gasteiger charge is -2.32. The second-order valence-electron chi connectivity index (χ2n) is 7.00. The van der Waals surface area contributed by atoms with Crippen LogP contribution in [0.3, 0.4) is 0 Å². The standard InChI is InChI=1S/C19H29N/c1-3-19(4-2,14-20-18-10-11-18)13-15-8-9-16-6-5-7-17(16)12-15/h8-9,12,18,20H,3-7,10-11,13-14H2,1-2H3. The van der Waals surface area contributed by atoms with Crippen LogP contribution in [0, 0.1) is 5.41 Å². The molecule has 0 aromatic heterocycles. The van der Waals surface area contributed by atoms with Gasteiger partial charge in [-0.25, -0.2) is 0 Å². The minimum Gasteiger partial charge on any atom is -0.313 e. The quantitative estimate of drug-likeness (QED) is 0.780. The molecular formula is C19H29N. The van der Waals surface area contributed by atoms with Crippen molar-refractivity contribution in [2.45, 2.75) is 71.3 Å². The molecule has 110 valence electrons. The molecule has 1 nitrogen and oxygen atoms in total. The Kier molecular flexibility index (Phi) is 4.16. The van der Waals surface area contributed by atoms with Gasteiger partial charge in [0.05, 0.1) is 0 Å². The lowest BCUT2D eigenvalue weighted by Crippen LogP contribution is -2.36. The van der Waals surface area contributed by atoms with Crippen LogP contribution in [0.15, 0.2) is 18.2 Å². The molecule has 0 amide bonds. The minimum atomic E-state index is 0.454. The Labute approximate surface area is 124 Å².